The van der Waals surface area contributed by atoms with Gasteiger partial charge in [0.15, 0.2) is 0 Å². The molecular formula is C21H32N4O2. The zero-order valence-electron chi connectivity index (χ0n) is 16.7. The first-order valence-corrected chi connectivity index (χ1v) is 10.2. The van der Waals surface area contributed by atoms with Crippen molar-refractivity contribution in [1.29, 1.82) is 0 Å². The molecular weight excluding hydrogens is 340 g/mol. The van der Waals surface area contributed by atoms with Gasteiger partial charge in [-0.3, -0.25) is 0 Å². The maximum Gasteiger partial charge on any atom is 0.317 e. The predicted molar refractivity (Wildman–Crippen MR) is 108 cm³/mol. The summed E-state index contributed by atoms with van der Waals surface area (Å²) in [5.41, 5.74) is 1.93. The van der Waals surface area contributed by atoms with Crippen LogP contribution in [0.3, 0.4) is 0 Å². The average molecular weight is 373 g/mol. The SMILES string of the molecule is CCCOC1CCCN(C(=O)NC(c2nc3ccccc3[nH]2)C(C)C)CC1. The van der Waals surface area contributed by atoms with E-state index < -0.39 is 0 Å². The molecule has 2 heterocycles. The molecule has 1 fully saturated rings. The Balaban J connectivity index is 1.65. The lowest BCUT2D eigenvalue weighted by atomic mass is 10.0. The Labute approximate surface area is 161 Å². The van der Waals surface area contributed by atoms with E-state index >= 15 is 0 Å². The number of imidazole rings is 1. The molecule has 27 heavy (non-hydrogen) atoms. The monoisotopic (exact) mass is 372 g/mol. The number of carbonyl (C=O) groups is 1. The van der Waals surface area contributed by atoms with Crippen LogP contribution < -0.4 is 5.32 Å². The third-order valence-electron chi connectivity index (χ3n) is 5.17. The van der Waals surface area contributed by atoms with Gasteiger partial charge in [-0.05, 0) is 43.7 Å². The van der Waals surface area contributed by atoms with Crippen molar-refractivity contribution >= 4 is 17.1 Å². The summed E-state index contributed by atoms with van der Waals surface area (Å²) in [7, 11) is 0. The van der Waals surface area contributed by atoms with Crippen LogP contribution in [-0.2, 0) is 4.74 Å². The normalized spacial score (nSPS) is 19.3. The van der Waals surface area contributed by atoms with Crippen LogP contribution in [0.4, 0.5) is 4.79 Å². The number of nitrogens with zero attached hydrogens (tertiary/aromatic N) is 2. The van der Waals surface area contributed by atoms with Crippen LogP contribution in [0.1, 0.15) is 58.3 Å². The topological polar surface area (TPSA) is 70.2 Å². The van der Waals surface area contributed by atoms with Gasteiger partial charge in [-0.2, -0.15) is 0 Å². The Bertz CT molecular complexity index is 710. The standard InChI is InChI=1S/C21H32N4O2/c1-4-14-27-16-8-7-12-25(13-11-16)21(26)24-19(15(2)3)20-22-17-9-5-6-10-18(17)23-20/h5-6,9-10,15-16,19H,4,7-8,11-14H2,1-3H3,(H,22,23)(H,24,26). The maximum atomic E-state index is 12.9. The Morgan fingerprint density at radius 2 is 2.15 bits per heavy atom. The van der Waals surface area contributed by atoms with Crippen LogP contribution in [0.5, 0.6) is 0 Å². The van der Waals surface area contributed by atoms with Crippen molar-refractivity contribution in [2.45, 2.75) is 58.6 Å². The summed E-state index contributed by atoms with van der Waals surface area (Å²) in [4.78, 5) is 22.9. The lowest BCUT2D eigenvalue weighted by Gasteiger charge is -2.26. The van der Waals surface area contributed by atoms with Gasteiger partial charge in [0.25, 0.3) is 0 Å². The highest BCUT2D eigenvalue weighted by molar-refractivity contribution is 5.76. The lowest BCUT2D eigenvalue weighted by Crippen LogP contribution is -2.43. The number of fused-ring (bicyclic) bond motifs is 1. The molecule has 1 aliphatic heterocycles. The smallest absolute Gasteiger partial charge is 0.317 e. The predicted octanol–water partition coefficient (Wildman–Crippen LogP) is 4.25. The van der Waals surface area contributed by atoms with Crippen LogP contribution in [0.15, 0.2) is 24.3 Å². The lowest BCUT2D eigenvalue weighted by molar-refractivity contribution is 0.0445. The fourth-order valence-corrected chi connectivity index (χ4v) is 3.61. The minimum Gasteiger partial charge on any atom is -0.378 e. The van der Waals surface area contributed by atoms with E-state index in [2.05, 4.69) is 36.1 Å². The number of likely N-dealkylation sites (tertiary alicyclic amines) is 1. The quantitative estimate of drug-likeness (QED) is 0.796. The van der Waals surface area contributed by atoms with Gasteiger partial charge in [0.1, 0.15) is 5.82 Å². The zero-order valence-corrected chi connectivity index (χ0v) is 16.7. The van der Waals surface area contributed by atoms with Gasteiger partial charge in [0.05, 0.1) is 23.2 Å². The Hall–Kier alpha value is -2.08. The molecule has 3 rings (SSSR count). The molecule has 2 unspecified atom stereocenters. The fraction of sp³-hybridized carbons (Fsp3) is 0.619. The molecule has 2 N–H and O–H groups in total. The number of para-hydroxylation sites is 2. The number of hydrogen-bond acceptors (Lipinski definition) is 3. The molecule has 0 spiro atoms. The second kappa shape index (κ2) is 9.22. The first kappa shape index (κ1) is 19.7. The number of rotatable bonds is 6. The van der Waals surface area contributed by atoms with E-state index in [1.54, 1.807) is 0 Å². The fourth-order valence-electron chi connectivity index (χ4n) is 3.61. The summed E-state index contributed by atoms with van der Waals surface area (Å²) >= 11 is 0. The van der Waals surface area contributed by atoms with Crippen molar-refractivity contribution in [1.82, 2.24) is 20.2 Å². The number of hydrogen-bond donors (Lipinski definition) is 2. The molecule has 148 valence electrons. The third kappa shape index (κ3) is 5.01. The van der Waals surface area contributed by atoms with E-state index in [0.29, 0.717) is 0 Å². The molecule has 1 aliphatic rings. The summed E-state index contributed by atoms with van der Waals surface area (Å²) in [6.45, 7) is 8.66. The molecule has 1 aromatic carbocycles. The van der Waals surface area contributed by atoms with E-state index in [-0.39, 0.29) is 24.1 Å². The first-order valence-electron chi connectivity index (χ1n) is 10.2. The summed E-state index contributed by atoms with van der Waals surface area (Å²) in [6.07, 6.45) is 4.23. The summed E-state index contributed by atoms with van der Waals surface area (Å²) in [6, 6.07) is 7.81. The molecule has 0 bridgehead atoms. The van der Waals surface area contributed by atoms with E-state index in [1.165, 1.54) is 0 Å². The van der Waals surface area contributed by atoms with Crippen LogP contribution in [-0.4, -0.2) is 46.7 Å². The van der Waals surface area contributed by atoms with Crippen molar-refractivity contribution in [3.05, 3.63) is 30.1 Å². The number of benzene rings is 1. The van der Waals surface area contributed by atoms with Gasteiger partial charge in [0.2, 0.25) is 0 Å². The Kier molecular flexibility index (Phi) is 6.72. The number of amides is 2. The van der Waals surface area contributed by atoms with Crippen LogP contribution in [0.2, 0.25) is 0 Å². The molecule has 0 saturated carbocycles. The van der Waals surface area contributed by atoms with Crippen molar-refractivity contribution in [2.75, 3.05) is 19.7 Å². The maximum absolute atomic E-state index is 12.9. The van der Waals surface area contributed by atoms with Gasteiger partial charge in [-0.15, -0.1) is 0 Å². The van der Waals surface area contributed by atoms with Gasteiger partial charge in [0, 0.05) is 19.7 Å². The van der Waals surface area contributed by atoms with E-state index in [9.17, 15) is 4.79 Å². The number of H-pyrrole nitrogens is 1. The average Bonchev–Trinajstić information content (AvgIpc) is 2.94. The molecule has 0 aliphatic carbocycles. The molecule has 6 heteroatoms. The van der Waals surface area contributed by atoms with Crippen molar-refractivity contribution in [2.24, 2.45) is 5.92 Å². The van der Waals surface area contributed by atoms with E-state index in [0.717, 1.165) is 62.2 Å². The van der Waals surface area contributed by atoms with Crippen molar-refractivity contribution < 1.29 is 9.53 Å². The van der Waals surface area contributed by atoms with Crippen LogP contribution in [0.25, 0.3) is 11.0 Å². The van der Waals surface area contributed by atoms with Gasteiger partial charge in [-0.1, -0.05) is 32.9 Å². The molecule has 2 atom stereocenters. The molecule has 0 radical (unpaired) electrons. The molecule has 2 aromatic rings. The summed E-state index contributed by atoms with van der Waals surface area (Å²) in [5.74, 6) is 1.06. The molecule has 1 aromatic heterocycles. The highest BCUT2D eigenvalue weighted by Gasteiger charge is 2.26. The van der Waals surface area contributed by atoms with E-state index in [4.69, 9.17) is 4.74 Å². The Morgan fingerprint density at radius 3 is 2.89 bits per heavy atom. The first-order chi connectivity index (χ1) is 13.1. The minimum atomic E-state index is -0.139. The number of ether oxygens (including phenoxy) is 1. The number of aromatic amines is 1. The second-order valence-electron chi connectivity index (χ2n) is 7.72. The zero-order chi connectivity index (χ0) is 19.2. The molecule has 1 saturated heterocycles. The summed E-state index contributed by atoms with van der Waals surface area (Å²) < 4.78 is 5.89. The highest BCUT2D eigenvalue weighted by atomic mass is 16.5. The van der Waals surface area contributed by atoms with Gasteiger partial charge in [-0.25, -0.2) is 9.78 Å². The highest BCUT2D eigenvalue weighted by Crippen LogP contribution is 2.23. The Morgan fingerprint density at radius 1 is 1.33 bits per heavy atom. The van der Waals surface area contributed by atoms with Gasteiger partial charge >= 0.3 is 6.03 Å². The van der Waals surface area contributed by atoms with E-state index in [1.807, 2.05) is 29.2 Å². The van der Waals surface area contributed by atoms with Crippen molar-refractivity contribution in [3.8, 4) is 0 Å². The molecule has 6 nitrogen and oxygen atoms in total. The van der Waals surface area contributed by atoms with Gasteiger partial charge < -0.3 is 19.9 Å². The summed E-state index contributed by atoms with van der Waals surface area (Å²) in [5, 5.41) is 3.20. The molecule has 2 amide bonds. The third-order valence-corrected chi connectivity index (χ3v) is 5.17. The number of nitrogens with one attached hydrogen (secondary N) is 2. The van der Waals surface area contributed by atoms with Crippen LogP contribution >= 0.6 is 0 Å². The largest absolute Gasteiger partial charge is 0.378 e. The number of carbonyl (C=O) groups excluding carboxylic acids is 1. The minimum absolute atomic E-state index is 0.00898. The van der Waals surface area contributed by atoms with Crippen molar-refractivity contribution in [3.63, 3.8) is 0 Å². The second-order valence-corrected chi connectivity index (χ2v) is 7.72. The van der Waals surface area contributed by atoms with Crippen LogP contribution in [0, 0.1) is 5.92 Å². The number of urea groups is 1. The number of aromatic nitrogens is 2.